The summed E-state index contributed by atoms with van der Waals surface area (Å²) in [5.74, 6) is 0. The van der Waals surface area contributed by atoms with Crippen LogP contribution in [0.3, 0.4) is 0 Å². The molecule has 1 aliphatic rings. The zero-order chi connectivity index (χ0) is 15.8. The summed E-state index contributed by atoms with van der Waals surface area (Å²) in [7, 11) is -6.46. The van der Waals surface area contributed by atoms with E-state index < -0.39 is 19.9 Å². The Bertz CT molecular complexity index is 736. The van der Waals surface area contributed by atoms with Crippen LogP contribution in [-0.4, -0.2) is 59.8 Å². The third kappa shape index (κ3) is 3.66. The minimum Gasteiger partial charge on any atom is -0.397 e. The second-order valence-corrected chi connectivity index (χ2v) is 9.14. The lowest BCUT2D eigenvalue weighted by atomic mass is 10.2. The van der Waals surface area contributed by atoms with E-state index in [9.17, 15) is 16.8 Å². The van der Waals surface area contributed by atoms with Crippen LogP contribution in [0, 0.1) is 0 Å². The quantitative estimate of drug-likeness (QED) is 0.766. The molecule has 7 nitrogen and oxygen atoms in total. The van der Waals surface area contributed by atoms with Crippen LogP contribution in [0.15, 0.2) is 23.1 Å². The molecule has 0 bridgehead atoms. The molecule has 1 aromatic rings. The smallest absolute Gasteiger partial charge is 0.211 e. The Labute approximate surface area is 125 Å². The number of nitrogen functional groups attached to an aromatic ring is 1. The van der Waals surface area contributed by atoms with Crippen molar-refractivity contribution < 1.29 is 16.8 Å². The molecule has 0 spiro atoms. The van der Waals surface area contributed by atoms with Crippen LogP contribution in [0.1, 0.15) is 0 Å². The van der Waals surface area contributed by atoms with Crippen LogP contribution in [0.2, 0.25) is 0 Å². The highest BCUT2D eigenvalue weighted by Gasteiger charge is 2.24. The van der Waals surface area contributed by atoms with Crippen LogP contribution in [0.25, 0.3) is 0 Å². The third-order valence-electron chi connectivity index (χ3n) is 3.48. The van der Waals surface area contributed by atoms with Gasteiger partial charge in [-0.3, -0.25) is 0 Å². The fraction of sp³-hybridized carbons (Fsp3) is 0.500. The number of nitrogens with two attached hydrogens (primary N) is 1. The summed E-state index contributed by atoms with van der Waals surface area (Å²) >= 11 is 0. The first-order chi connectivity index (χ1) is 9.59. The Morgan fingerprint density at radius 2 is 1.57 bits per heavy atom. The number of sulfonamides is 1. The second-order valence-electron chi connectivity index (χ2n) is 5.14. The molecule has 118 valence electrons. The number of hydrogen-bond donors (Lipinski definition) is 1. The average Bonchev–Trinajstić information content (AvgIpc) is 2.36. The minimum absolute atomic E-state index is 0.179. The van der Waals surface area contributed by atoms with Crippen LogP contribution in [0.4, 0.5) is 11.4 Å². The fourth-order valence-electron chi connectivity index (χ4n) is 2.31. The van der Waals surface area contributed by atoms with E-state index in [-0.39, 0.29) is 4.90 Å². The second kappa shape index (κ2) is 5.47. The zero-order valence-corrected chi connectivity index (χ0v) is 13.6. The average molecular weight is 333 g/mol. The third-order valence-corrected chi connectivity index (χ3v) is 5.89. The highest BCUT2D eigenvalue weighted by atomic mass is 32.2. The summed E-state index contributed by atoms with van der Waals surface area (Å²) in [4.78, 5) is 2.14. The standard InChI is InChI=1S/C12H19N3O4S2/c1-20(16,17)10-3-4-12(11(13)9-10)14-5-7-15(8-6-14)21(2,18)19/h3-4,9H,5-8,13H2,1-2H3. The van der Waals surface area contributed by atoms with E-state index in [2.05, 4.69) is 0 Å². The summed E-state index contributed by atoms with van der Waals surface area (Å²) in [5, 5.41) is 0. The van der Waals surface area contributed by atoms with Gasteiger partial charge in [-0.25, -0.2) is 16.8 Å². The number of piperazine rings is 1. The Hall–Kier alpha value is -1.32. The van der Waals surface area contributed by atoms with Crippen molar-refractivity contribution in [3.8, 4) is 0 Å². The van der Waals surface area contributed by atoms with Gasteiger partial charge in [0.25, 0.3) is 0 Å². The molecule has 2 N–H and O–H groups in total. The molecule has 0 atom stereocenters. The molecule has 1 fully saturated rings. The summed E-state index contributed by atoms with van der Waals surface area (Å²) < 4.78 is 47.3. The first-order valence-corrected chi connectivity index (χ1v) is 10.1. The van der Waals surface area contributed by atoms with Crippen molar-refractivity contribution in [3.05, 3.63) is 18.2 Å². The van der Waals surface area contributed by atoms with Gasteiger partial charge >= 0.3 is 0 Å². The van der Waals surface area contributed by atoms with Gasteiger partial charge in [-0.15, -0.1) is 0 Å². The molecule has 0 saturated carbocycles. The van der Waals surface area contributed by atoms with Crippen molar-refractivity contribution >= 4 is 31.2 Å². The van der Waals surface area contributed by atoms with Gasteiger partial charge in [0.2, 0.25) is 10.0 Å². The summed E-state index contributed by atoms with van der Waals surface area (Å²) in [6, 6.07) is 4.62. The van der Waals surface area contributed by atoms with Crippen LogP contribution in [0.5, 0.6) is 0 Å². The number of benzene rings is 1. The number of anilines is 2. The van der Waals surface area contributed by atoms with Gasteiger partial charge < -0.3 is 10.6 Å². The molecule has 0 aromatic heterocycles. The lowest BCUT2D eigenvalue weighted by Crippen LogP contribution is -2.48. The molecule has 9 heteroatoms. The van der Waals surface area contributed by atoms with Gasteiger partial charge in [0, 0.05) is 32.4 Å². The monoisotopic (exact) mass is 333 g/mol. The molecule has 2 rings (SSSR count). The molecule has 0 amide bonds. The topological polar surface area (TPSA) is 101 Å². The highest BCUT2D eigenvalue weighted by Crippen LogP contribution is 2.27. The van der Waals surface area contributed by atoms with Crippen molar-refractivity contribution in [1.82, 2.24) is 4.31 Å². The van der Waals surface area contributed by atoms with Crippen molar-refractivity contribution in [3.63, 3.8) is 0 Å². The lowest BCUT2D eigenvalue weighted by molar-refractivity contribution is 0.388. The van der Waals surface area contributed by atoms with Gasteiger partial charge in [0.05, 0.1) is 22.5 Å². The van der Waals surface area contributed by atoms with Gasteiger partial charge in [-0.2, -0.15) is 4.31 Å². The first-order valence-electron chi connectivity index (χ1n) is 6.39. The summed E-state index contributed by atoms with van der Waals surface area (Å²) in [6.07, 6.45) is 2.32. The molecular weight excluding hydrogens is 314 g/mol. The van der Waals surface area contributed by atoms with E-state index in [0.29, 0.717) is 31.9 Å². The molecule has 0 aliphatic carbocycles. The van der Waals surface area contributed by atoms with E-state index in [1.165, 1.54) is 22.7 Å². The number of sulfone groups is 1. The van der Waals surface area contributed by atoms with Crippen molar-refractivity contribution in [2.45, 2.75) is 4.90 Å². The first kappa shape index (κ1) is 16.1. The van der Waals surface area contributed by atoms with Crippen LogP contribution in [-0.2, 0) is 19.9 Å². The number of nitrogens with zero attached hydrogens (tertiary/aromatic N) is 2. The maximum absolute atomic E-state index is 11.5. The zero-order valence-electron chi connectivity index (χ0n) is 12.0. The SMILES string of the molecule is CS(=O)(=O)c1ccc(N2CCN(S(C)(=O)=O)CC2)c(N)c1. The predicted octanol–water partition coefficient (Wildman–Crippen LogP) is -0.246. The Morgan fingerprint density at radius 3 is 2.00 bits per heavy atom. The van der Waals surface area contributed by atoms with Crippen molar-refractivity contribution in [2.24, 2.45) is 0 Å². The Morgan fingerprint density at radius 1 is 1.00 bits per heavy atom. The maximum atomic E-state index is 11.5. The molecular formula is C12H19N3O4S2. The largest absolute Gasteiger partial charge is 0.397 e. The minimum atomic E-state index is -3.29. The molecule has 21 heavy (non-hydrogen) atoms. The predicted molar refractivity (Wildman–Crippen MR) is 82.6 cm³/mol. The van der Waals surface area contributed by atoms with E-state index in [1.54, 1.807) is 6.07 Å². The lowest BCUT2D eigenvalue weighted by Gasteiger charge is -2.35. The van der Waals surface area contributed by atoms with Crippen molar-refractivity contribution in [1.29, 1.82) is 0 Å². The van der Waals surface area contributed by atoms with Gasteiger partial charge in [0.15, 0.2) is 9.84 Å². The van der Waals surface area contributed by atoms with Gasteiger partial charge in [0.1, 0.15) is 0 Å². The molecule has 0 radical (unpaired) electrons. The Kier molecular flexibility index (Phi) is 4.18. The van der Waals surface area contributed by atoms with E-state index in [4.69, 9.17) is 5.73 Å². The number of hydrogen-bond acceptors (Lipinski definition) is 6. The van der Waals surface area contributed by atoms with Crippen LogP contribution >= 0.6 is 0 Å². The molecule has 1 aliphatic heterocycles. The Balaban J connectivity index is 2.18. The van der Waals surface area contributed by atoms with E-state index >= 15 is 0 Å². The molecule has 1 heterocycles. The molecule has 1 aromatic carbocycles. The highest BCUT2D eigenvalue weighted by molar-refractivity contribution is 7.90. The van der Waals surface area contributed by atoms with E-state index in [1.807, 2.05) is 4.90 Å². The van der Waals surface area contributed by atoms with E-state index in [0.717, 1.165) is 11.9 Å². The van der Waals surface area contributed by atoms with Crippen LogP contribution < -0.4 is 10.6 Å². The summed E-state index contributed by atoms with van der Waals surface area (Å²) in [5.41, 5.74) is 7.04. The summed E-state index contributed by atoms with van der Waals surface area (Å²) in [6.45, 7) is 1.84. The normalized spacial score (nSPS) is 17.9. The maximum Gasteiger partial charge on any atom is 0.211 e. The molecule has 0 unspecified atom stereocenters. The van der Waals surface area contributed by atoms with Gasteiger partial charge in [-0.05, 0) is 18.2 Å². The fourth-order valence-corrected chi connectivity index (χ4v) is 3.79. The van der Waals surface area contributed by atoms with Crippen molar-refractivity contribution in [2.75, 3.05) is 49.3 Å². The molecule has 1 saturated heterocycles. The van der Waals surface area contributed by atoms with Gasteiger partial charge in [-0.1, -0.05) is 0 Å². The number of rotatable bonds is 3.